The average Bonchev–Trinajstić information content (AvgIpc) is 2.36. The third kappa shape index (κ3) is 1.88. The number of rotatable bonds is 1. The molecule has 7 heteroatoms. The van der Waals surface area contributed by atoms with Crippen LogP contribution in [0.4, 0.5) is 0 Å². The first-order chi connectivity index (χ1) is 8.97. The number of nitrogens with zero attached hydrogens (tertiary/aromatic N) is 2. The number of hydrogen-bond donors (Lipinski definition) is 2. The van der Waals surface area contributed by atoms with E-state index in [-0.39, 0.29) is 21.7 Å². The van der Waals surface area contributed by atoms with Crippen LogP contribution < -0.4 is 0 Å². The van der Waals surface area contributed by atoms with Gasteiger partial charge in [0.2, 0.25) is 0 Å². The fraction of sp³-hybridized carbons (Fsp3) is 0. The Morgan fingerprint density at radius 2 is 1.47 bits per heavy atom. The highest BCUT2D eigenvalue weighted by atomic mass is 32.2. The van der Waals surface area contributed by atoms with Gasteiger partial charge in [-0.3, -0.25) is 4.55 Å². The molecule has 0 radical (unpaired) electrons. The molecule has 2 N–H and O–H groups in total. The highest BCUT2D eigenvalue weighted by Gasteiger charge is 2.18. The third-order valence-electron chi connectivity index (χ3n) is 2.72. The van der Waals surface area contributed by atoms with Gasteiger partial charge in [0, 0.05) is 0 Å². The van der Waals surface area contributed by atoms with Crippen LogP contribution in [0.3, 0.4) is 0 Å². The summed E-state index contributed by atoms with van der Waals surface area (Å²) in [5.41, 5.74) is 0.985. The minimum Gasteiger partial charge on any atom is -0.506 e. The SMILES string of the molecule is O=S(=O)(O)c1ccc(O)c2nc3ccccc3nc12. The number of benzene rings is 2. The average molecular weight is 276 g/mol. The summed E-state index contributed by atoms with van der Waals surface area (Å²) < 4.78 is 31.8. The van der Waals surface area contributed by atoms with Crippen molar-refractivity contribution < 1.29 is 18.1 Å². The van der Waals surface area contributed by atoms with E-state index in [1.165, 1.54) is 0 Å². The lowest BCUT2D eigenvalue weighted by Crippen LogP contribution is -2.01. The number of phenols is 1. The van der Waals surface area contributed by atoms with Crippen molar-refractivity contribution in [2.24, 2.45) is 0 Å². The van der Waals surface area contributed by atoms with Gasteiger partial charge in [0.15, 0.2) is 0 Å². The molecule has 3 rings (SSSR count). The van der Waals surface area contributed by atoms with E-state index in [9.17, 15) is 18.1 Å². The van der Waals surface area contributed by atoms with Gasteiger partial charge in [-0.2, -0.15) is 8.42 Å². The first-order valence-electron chi connectivity index (χ1n) is 5.33. The maximum absolute atomic E-state index is 11.3. The van der Waals surface area contributed by atoms with E-state index in [4.69, 9.17) is 0 Å². The van der Waals surface area contributed by atoms with Crippen LogP contribution in [0.15, 0.2) is 41.3 Å². The van der Waals surface area contributed by atoms with E-state index in [0.717, 1.165) is 12.1 Å². The van der Waals surface area contributed by atoms with Gasteiger partial charge in [-0.05, 0) is 24.3 Å². The highest BCUT2D eigenvalue weighted by molar-refractivity contribution is 7.86. The van der Waals surface area contributed by atoms with Crippen LogP contribution in [-0.4, -0.2) is 28.0 Å². The Balaban J connectivity index is 2.56. The van der Waals surface area contributed by atoms with Crippen molar-refractivity contribution in [3.63, 3.8) is 0 Å². The topological polar surface area (TPSA) is 100 Å². The van der Waals surface area contributed by atoms with Crippen LogP contribution in [-0.2, 0) is 10.1 Å². The Bertz CT molecular complexity index is 906. The van der Waals surface area contributed by atoms with Crippen LogP contribution in [0.25, 0.3) is 22.1 Å². The number of aromatic nitrogens is 2. The van der Waals surface area contributed by atoms with Gasteiger partial charge < -0.3 is 5.11 Å². The molecule has 0 saturated carbocycles. The minimum atomic E-state index is -4.43. The Labute approximate surface area is 108 Å². The second kappa shape index (κ2) is 3.87. The van der Waals surface area contributed by atoms with Gasteiger partial charge in [0.05, 0.1) is 11.0 Å². The van der Waals surface area contributed by atoms with Crippen LogP contribution >= 0.6 is 0 Å². The molecule has 0 aliphatic rings. The molecule has 0 amide bonds. The number of aromatic hydroxyl groups is 1. The van der Waals surface area contributed by atoms with E-state index in [1.54, 1.807) is 24.3 Å². The maximum atomic E-state index is 11.3. The highest BCUT2D eigenvalue weighted by Crippen LogP contribution is 2.28. The van der Waals surface area contributed by atoms with E-state index < -0.39 is 10.1 Å². The van der Waals surface area contributed by atoms with Gasteiger partial charge in [-0.25, -0.2) is 9.97 Å². The molecule has 0 unspecified atom stereocenters. The number of phenolic OH excluding ortho intramolecular Hbond substituents is 1. The largest absolute Gasteiger partial charge is 0.506 e. The molecule has 3 aromatic rings. The van der Waals surface area contributed by atoms with Gasteiger partial charge >= 0.3 is 0 Å². The molecule has 0 aliphatic heterocycles. The standard InChI is InChI=1S/C12H8N2O4S/c15-9-5-6-10(19(16,17)18)12-11(9)13-7-3-1-2-4-8(7)14-12/h1-6,15H,(H,16,17,18). The lowest BCUT2D eigenvalue weighted by molar-refractivity contribution is 0.478. The molecule has 6 nitrogen and oxygen atoms in total. The van der Waals surface area contributed by atoms with Crippen LogP contribution in [0.5, 0.6) is 5.75 Å². The first kappa shape index (κ1) is 11.8. The number of fused-ring (bicyclic) bond motifs is 2. The first-order valence-corrected chi connectivity index (χ1v) is 6.77. The second-order valence-electron chi connectivity index (χ2n) is 3.97. The molecule has 2 aromatic carbocycles. The third-order valence-corrected chi connectivity index (χ3v) is 3.60. The molecule has 0 bridgehead atoms. The van der Waals surface area contributed by atoms with Crippen molar-refractivity contribution in [1.29, 1.82) is 0 Å². The van der Waals surface area contributed by atoms with Crippen LogP contribution in [0.2, 0.25) is 0 Å². The summed E-state index contributed by atoms with van der Waals surface area (Å²) in [4.78, 5) is 7.93. The summed E-state index contributed by atoms with van der Waals surface area (Å²) in [6.07, 6.45) is 0. The van der Waals surface area contributed by atoms with Crippen molar-refractivity contribution in [3.05, 3.63) is 36.4 Å². The van der Waals surface area contributed by atoms with Crippen molar-refractivity contribution in [1.82, 2.24) is 9.97 Å². The van der Waals surface area contributed by atoms with Crippen molar-refractivity contribution in [2.75, 3.05) is 0 Å². The van der Waals surface area contributed by atoms with Crippen LogP contribution in [0, 0.1) is 0 Å². The molecule has 0 aliphatic carbocycles. The Hall–Kier alpha value is -2.25. The zero-order valence-corrected chi connectivity index (χ0v) is 10.3. The fourth-order valence-electron chi connectivity index (χ4n) is 1.87. The molecule has 0 saturated heterocycles. The molecule has 19 heavy (non-hydrogen) atoms. The Kier molecular flexibility index (Phi) is 2.41. The lowest BCUT2D eigenvalue weighted by Gasteiger charge is -2.06. The second-order valence-corrected chi connectivity index (χ2v) is 5.36. The summed E-state index contributed by atoms with van der Waals surface area (Å²) in [5.74, 6) is -0.194. The molecule has 0 atom stereocenters. The summed E-state index contributed by atoms with van der Waals surface area (Å²) in [6, 6.07) is 9.11. The summed E-state index contributed by atoms with van der Waals surface area (Å²) in [6.45, 7) is 0. The Morgan fingerprint density at radius 1 is 0.895 bits per heavy atom. The number of para-hydroxylation sites is 2. The van der Waals surface area contributed by atoms with E-state index >= 15 is 0 Å². The van der Waals surface area contributed by atoms with Gasteiger partial charge in [-0.15, -0.1) is 0 Å². The molecule has 96 valence electrons. The summed E-state index contributed by atoms with van der Waals surface area (Å²) in [5, 5.41) is 9.74. The molecular weight excluding hydrogens is 268 g/mol. The maximum Gasteiger partial charge on any atom is 0.296 e. The fourth-order valence-corrected chi connectivity index (χ4v) is 2.50. The van der Waals surface area contributed by atoms with Crippen molar-refractivity contribution in [3.8, 4) is 5.75 Å². The Morgan fingerprint density at radius 3 is 2.05 bits per heavy atom. The van der Waals surface area contributed by atoms with Crippen molar-refractivity contribution >= 4 is 32.2 Å². The molecule has 1 heterocycles. The molecular formula is C12H8N2O4S. The monoisotopic (exact) mass is 276 g/mol. The predicted octanol–water partition coefficient (Wildman–Crippen LogP) is 1.74. The lowest BCUT2D eigenvalue weighted by atomic mass is 10.2. The van der Waals surface area contributed by atoms with E-state index in [2.05, 4.69) is 9.97 Å². The van der Waals surface area contributed by atoms with E-state index in [1.807, 2.05) is 0 Å². The van der Waals surface area contributed by atoms with Gasteiger partial charge in [0.1, 0.15) is 21.7 Å². The predicted molar refractivity (Wildman–Crippen MR) is 68.5 cm³/mol. The summed E-state index contributed by atoms with van der Waals surface area (Å²) in [7, 11) is -4.43. The molecule has 0 fully saturated rings. The minimum absolute atomic E-state index is 0.0359. The van der Waals surface area contributed by atoms with Gasteiger partial charge in [0.25, 0.3) is 10.1 Å². The zero-order chi connectivity index (χ0) is 13.6. The molecule has 1 aromatic heterocycles. The normalized spacial score (nSPS) is 12.1. The number of hydrogen-bond acceptors (Lipinski definition) is 5. The van der Waals surface area contributed by atoms with Crippen LogP contribution in [0.1, 0.15) is 0 Å². The van der Waals surface area contributed by atoms with Gasteiger partial charge in [-0.1, -0.05) is 12.1 Å². The van der Waals surface area contributed by atoms with Crippen molar-refractivity contribution in [2.45, 2.75) is 4.90 Å². The molecule has 0 spiro atoms. The van der Waals surface area contributed by atoms with E-state index in [0.29, 0.717) is 11.0 Å². The summed E-state index contributed by atoms with van der Waals surface area (Å²) >= 11 is 0. The zero-order valence-electron chi connectivity index (χ0n) is 9.48. The quantitative estimate of drug-likeness (QED) is 0.518. The smallest absolute Gasteiger partial charge is 0.296 e.